The standard InChI is InChI=1S/C28H36FN3O2/c1-20(33)23-8-4-9-26(17-23)32(28(30)34)27-10-3-2-7-24(27)19-31-15-5-6-22(18-31)16-21-11-13-25(29)14-12-21/h4,8-9,11-14,17,22,24,27H,2-3,5-7,10,15-16,18-19H2,1H3,(H2,30,34)/t22-,24-,27+/m0/s1. The topological polar surface area (TPSA) is 66.6 Å². The summed E-state index contributed by atoms with van der Waals surface area (Å²) in [4.78, 5) is 28.8. The SMILES string of the molecule is CC(=O)c1cccc(N(C(N)=O)[C@@H]2CCCC[C@H]2CN2CCC[C@@H](Cc3ccc(F)cc3)C2)c1. The maximum Gasteiger partial charge on any atom is 0.319 e. The Morgan fingerprint density at radius 1 is 1.06 bits per heavy atom. The first-order valence-corrected chi connectivity index (χ1v) is 12.6. The number of piperidine rings is 1. The Morgan fingerprint density at radius 3 is 2.56 bits per heavy atom. The Balaban J connectivity index is 1.46. The lowest BCUT2D eigenvalue weighted by atomic mass is 9.82. The van der Waals surface area contributed by atoms with E-state index in [1.54, 1.807) is 29.2 Å². The molecule has 2 aromatic carbocycles. The van der Waals surface area contributed by atoms with Crippen LogP contribution < -0.4 is 10.6 Å². The predicted octanol–water partition coefficient (Wildman–Crippen LogP) is 5.43. The summed E-state index contributed by atoms with van der Waals surface area (Å²) in [6, 6.07) is 13.7. The van der Waals surface area contributed by atoms with E-state index in [1.807, 2.05) is 24.3 Å². The molecule has 1 saturated heterocycles. The molecule has 4 rings (SSSR count). The third-order valence-corrected chi connectivity index (χ3v) is 7.50. The first kappa shape index (κ1) is 24.4. The number of urea groups is 1. The fourth-order valence-electron chi connectivity index (χ4n) is 5.87. The number of amides is 2. The number of halogens is 1. The molecule has 1 heterocycles. The fourth-order valence-corrected chi connectivity index (χ4v) is 5.87. The van der Waals surface area contributed by atoms with Crippen molar-refractivity contribution in [2.75, 3.05) is 24.5 Å². The highest BCUT2D eigenvalue weighted by Gasteiger charge is 2.35. The summed E-state index contributed by atoms with van der Waals surface area (Å²) in [6.45, 7) is 4.58. The van der Waals surface area contributed by atoms with Crippen LogP contribution >= 0.6 is 0 Å². The number of hydrogen-bond acceptors (Lipinski definition) is 3. The van der Waals surface area contributed by atoms with Crippen LogP contribution in [0.15, 0.2) is 48.5 Å². The van der Waals surface area contributed by atoms with E-state index in [1.165, 1.54) is 18.9 Å². The Hall–Kier alpha value is -2.73. The van der Waals surface area contributed by atoms with E-state index in [2.05, 4.69) is 4.90 Å². The van der Waals surface area contributed by atoms with Gasteiger partial charge in [-0.05, 0) is 87.2 Å². The minimum atomic E-state index is -0.453. The highest BCUT2D eigenvalue weighted by molar-refractivity contribution is 5.97. The van der Waals surface area contributed by atoms with Gasteiger partial charge in [0.2, 0.25) is 0 Å². The van der Waals surface area contributed by atoms with E-state index in [4.69, 9.17) is 5.73 Å². The van der Waals surface area contributed by atoms with Crippen LogP contribution in [0.3, 0.4) is 0 Å². The molecule has 0 unspecified atom stereocenters. The molecule has 0 spiro atoms. The third-order valence-electron chi connectivity index (χ3n) is 7.50. The lowest BCUT2D eigenvalue weighted by Gasteiger charge is -2.43. The number of primary amides is 1. The van der Waals surface area contributed by atoms with Gasteiger partial charge >= 0.3 is 6.03 Å². The summed E-state index contributed by atoms with van der Waals surface area (Å²) >= 11 is 0. The molecule has 0 aromatic heterocycles. The second-order valence-corrected chi connectivity index (χ2v) is 10.0. The van der Waals surface area contributed by atoms with Crippen LogP contribution in [0.4, 0.5) is 14.9 Å². The number of hydrogen-bond donors (Lipinski definition) is 1. The van der Waals surface area contributed by atoms with Gasteiger partial charge in [0.25, 0.3) is 0 Å². The van der Waals surface area contributed by atoms with Crippen LogP contribution in [0.1, 0.15) is 61.4 Å². The average molecular weight is 466 g/mol. The summed E-state index contributed by atoms with van der Waals surface area (Å²) in [6.07, 6.45) is 7.54. The molecule has 0 bridgehead atoms. The Morgan fingerprint density at radius 2 is 1.82 bits per heavy atom. The zero-order chi connectivity index (χ0) is 24.1. The van der Waals surface area contributed by atoms with Gasteiger partial charge in [-0.3, -0.25) is 9.69 Å². The zero-order valence-corrected chi connectivity index (χ0v) is 20.1. The van der Waals surface area contributed by atoms with Crippen molar-refractivity contribution >= 4 is 17.5 Å². The number of Topliss-reactive ketones (excluding diaryl/α,β-unsaturated/α-hetero) is 1. The number of ketones is 1. The number of carbonyl (C=O) groups excluding carboxylic acids is 2. The van der Waals surface area contributed by atoms with Gasteiger partial charge in [0.05, 0.1) is 0 Å². The van der Waals surface area contributed by atoms with Crippen molar-refractivity contribution in [1.82, 2.24) is 4.90 Å². The van der Waals surface area contributed by atoms with Crippen LogP contribution in [-0.2, 0) is 6.42 Å². The van der Waals surface area contributed by atoms with Crippen molar-refractivity contribution in [3.05, 3.63) is 65.5 Å². The molecule has 5 nitrogen and oxygen atoms in total. The number of rotatable bonds is 7. The summed E-state index contributed by atoms with van der Waals surface area (Å²) in [5, 5.41) is 0. The van der Waals surface area contributed by atoms with Gasteiger partial charge in [0, 0.05) is 30.4 Å². The molecule has 0 radical (unpaired) electrons. The zero-order valence-electron chi connectivity index (χ0n) is 20.1. The van der Waals surface area contributed by atoms with E-state index in [0.717, 1.165) is 58.2 Å². The molecule has 2 aliphatic rings. The van der Waals surface area contributed by atoms with Crippen molar-refractivity contribution in [2.24, 2.45) is 17.6 Å². The number of nitrogens with two attached hydrogens (primary N) is 1. The average Bonchev–Trinajstić information content (AvgIpc) is 2.82. The maximum atomic E-state index is 13.3. The summed E-state index contributed by atoms with van der Waals surface area (Å²) in [5.41, 5.74) is 8.40. The molecule has 182 valence electrons. The highest BCUT2D eigenvalue weighted by atomic mass is 19.1. The van der Waals surface area contributed by atoms with E-state index >= 15 is 0 Å². The van der Waals surface area contributed by atoms with Crippen molar-refractivity contribution in [3.8, 4) is 0 Å². The van der Waals surface area contributed by atoms with Crippen LogP contribution in [0.25, 0.3) is 0 Å². The first-order valence-electron chi connectivity index (χ1n) is 12.6. The van der Waals surface area contributed by atoms with Gasteiger partial charge in [-0.2, -0.15) is 0 Å². The molecule has 3 atom stereocenters. The lowest BCUT2D eigenvalue weighted by molar-refractivity contribution is 0.101. The fraction of sp³-hybridized carbons (Fsp3) is 0.500. The van der Waals surface area contributed by atoms with Crippen LogP contribution in [-0.4, -0.2) is 42.4 Å². The van der Waals surface area contributed by atoms with Gasteiger partial charge in [0.15, 0.2) is 5.78 Å². The number of anilines is 1. The number of carbonyl (C=O) groups is 2. The smallest absolute Gasteiger partial charge is 0.319 e. The quantitative estimate of drug-likeness (QED) is 0.555. The minimum Gasteiger partial charge on any atom is -0.351 e. The Labute approximate surface area is 202 Å². The predicted molar refractivity (Wildman–Crippen MR) is 134 cm³/mol. The first-order chi connectivity index (χ1) is 16.4. The summed E-state index contributed by atoms with van der Waals surface area (Å²) in [7, 11) is 0. The summed E-state index contributed by atoms with van der Waals surface area (Å²) < 4.78 is 13.3. The summed E-state index contributed by atoms with van der Waals surface area (Å²) in [5.74, 6) is 0.685. The number of benzene rings is 2. The molecule has 2 aromatic rings. The van der Waals surface area contributed by atoms with Gasteiger partial charge in [-0.25, -0.2) is 9.18 Å². The van der Waals surface area contributed by atoms with Crippen LogP contribution in [0, 0.1) is 17.7 Å². The van der Waals surface area contributed by atoms with Crippen molar-refractivity contribution in [3.63, 3.8) is 0 Å². The molecular formula is C28H36FN3O2. The lowest BCUT2D eigenvalue weighted by Crippen LogP contribution is -2.52. The molecule has 2 fully saturated rings. The highest BCUT2D eigenvalue weighted by Crippen LogP contribution is 2.34. The van der Waals surface area contributed by atoms with Crippen LogP contribution in [0.5, 0.6) is 0 Å². The number of likely N-dealkylation sites (tertiary alicyclic amines) is 1. The normalized spacial score (nSPS) is 23.4. The van der Waals surface area contributed by atoms with Crippen molar-refractivity contribution in [2.45, 2.75) is 57.9 Å². The second kappa shape index (κ2) is 11.1. The minimum absolute atomic E-state index is 0.0213. The molecule has 6 heteroatoms. The largest absolute Gasteiger partial charge is 0.351 e. The second-order valence-electron chi connectivity index (χ2n) is 10.0. The molecule has 2 N–H and O–H groups in total. The molecule has 1 aliphatic carbocycles. The van der Waals surface area contributed by atoms with E-state index in [9.17, 15) is 14.0 Å². The molecule has 1 saturated carbocycles. The van der Waals surface area contributed by atoms with Gasteiger partial charge in [-0.15, -0.1) is 0 Å². The van der Waals surface area contributed by atoms with Gasteiger partial charge in [-0.1, -0.05) is 37.1 Å². The third kappa shape index (κ3) is 6.03. The number of nitrogens with zero attached hydrogens (tertiary/aromatic N) is 2. The van der Waals surface area contributed by atoms with E-state index < -0.39 is 6.03 Å². The van der Waals surface area contributed by atoms with Gasteiger partial charge in [0.1, 0.15) is 5.82 Å². The molecule has 1 aliphatic heterocycles. The van der Waals surface area contributed by atoms with E-state index in [-0.39, 0.29) is 17.6 Å². The monoisotopic (exact) mass is 465 g/mol. The van der Waals surface area contributed by atoms with E-state index in [0.29, 0.717) is 23.1 Å². The van der Waals surface area contributed by atoms with Gasteiger partial charge < -0.3 is 10.6 Å². The van der Waals surface area contributed by atoms with Crippen molar-refractivity contribution in [1.29, 1.82) is 0 Å². The molecule has 34 heavy (non-hydrogen) atoms. The van der Waals surface area contributed by atoms with Crippen LogP contribution in [0.2, 0.25) is 0 Å². The maximum absolute atomic E-state index is 13.3. The molecular weight excluding hydrogens is 429 g/mol. The Kier molecular flexibility index (Phi) is 7.99. The van der Waals surface area contributed by atoms with Crippen molar-refractivity contribution < 1.29 is 14.0 Å². The molecule has 2 amide bonds. The Bertz CT molecular complexity index is 993.